The molecule has 102 valence electrons. The number of nitrogens with zero attached hydrogens (tertiary/aromatic N) is 1. The first-order chi connectivity index (χ1) is 8.14. The number of aliphatic carboxylic acids is 1. The van der Waals surface area contributed by atoms with E-state index in [1.54, 1.807) is 20.8 Å². The lowest BCUT2D eigenvalue weighted by Crippen LogP contribution is -2.57. The number of alkyl halides is 1. The van der Waals surface area contributed by atoms with Crippen molar-refractivity contribution in [3.8, 4) is 0 Å². The summed E-state index contributed by atoms with van der Waals surface area (Å²) < 4.78 is 18.1. The molecule has 5 nitrogen and oxygen atoms in total. The fourth-order valence-corrected chi connectivity index (χ4v) is 2.94. The van der Waals surface area contributed by atoms with E-state index in [4.69, 9.17) is 4.74 Å². The molecular formula is C12H18FNO4. The zero-order valence-electron chi connectivity index (χ0n) is 10.8. The summed E-state index contributed by atoms with van der Waals surface area (Å²) in [6, 6.07) is 0. The number of carbonyl (C=O) groups excluding carboxylic acids is 1. The minimum Gasteiger partial charge on any atom is -0.479 e. The standard InChI is InChI=1S/C12H18FNO4/c1-10(2,3)18-9(17)14-7-11(6-13)4-12(14,5-11)8(15)16/h4-7H2,1-3H3,(H,15,16). The van der Waals surface area contributed by atoms with Gasteiger partial charge in [0.1, 0.15) is 11.1 Å². The summed E-state index contributed by atoms with van der Waals surface area (Å²) in [5.74, 6) is -1.07. The van der Waals surface area contributed by atoms with Gasteiger partial charge in [0.05, 0.1) is 6.67 Å². The van der Waals surface area contributed by atoms with Gasteiger partial charge >= 0.3 is 12.1 Å². The van der Waals surface area contributed by atoms with Gasteiger partial charge in [0.2, 0.25) is 0 Å². The third-order valence-electron chi connectivity index (χ3n) is 3.64. The number of hydrogen-bond acceptors (Lipinski definition) is 3. The van der Waals surface area contributed by atoms with Crippen LogP contribution in [0.25, 0.3) is 0 Å². The van der Waals surface area contributed by atoms with Gasteiger partial charge < -0.3 is 9.84 Å². The Bertz CT molecular complexity index is 395. The second-order valence-corrected chi connectivity index (χ2v) is 6.39. The van der Waals surface area contributed by atoms with Crippen LogP contribution in [0.3, 0.4) is 0 Å². The second-order valence-electron chi connectivity index (χ2n) is 6.39. The van der Waals surface area contributed by atoms with E-state index in [1.807, 2.05) is 0 Å². The number of halogens is 1. The summed E-state index contributed by atoms with van der Waals surface area (Å²) in [5.41, 5.74) is -2.61. The van der Waals surface area contributed by atoms with Gasteiger partial charge in [-0.25, -0.2) is 9.59 Å². The Balaban J connectivity index is 2.18. The Morgan fingerprint density at radius 2 is 1.94 bits per heavy atom. The summed E-state index contributed by atoms with van der Waals surface area (Å²) in [6.45, 7) is 4.67. The van der Waals surface area contributed by atoms with E-state index in [0.29, 0.717) is 0 Å². The molecule has 0 aromatic heterocycles. The molecule has 18 heavy (non-hydrogen) atoms. The van der Waals surface area contributed by atoms with Gasteiger partial charge in [-0.3, -0.25) is 9.29 Å². The van der Waals surface area contributed by atoms with Gasteiger partial charge in [0.25, 0.3) is 0 Å². The third kappa shape index (κ3) is 1.74. The zero-order chi connectivity index (χ0) is 13.8. The van der Waals surface area contributed by atoms with Crippen LogP contribution in [-0.2, 0) is 9.53 Å². The van der Waals surface area contributed by atoms with E-state index < -0.39 is 35.3 Å². The number of ether oxygens (including phenoxy) is 1. The zero-order valence-corrected chi connectivity index (χ0v) is 10.8. The van der Waals surface area contributed by atoms with Crippen LogP contribution in [-0.4, -0.2) is 46.4 Å². The molecule has 2 saturated heterocycles. The Morgan fingerprint density at radius 1 is 1.39 bits per heavy atom. The van der Waals surface area contributed by atoms with Gasteiger partial charge in [-0.15, -0.1) is 0 Å². The summed E-state index contributed by atoms with van der Waals surface area (Å²) in [5, 5.41) is 9.27. The van der Waals surface area contributed by atoms with Gasteiger partial charge in [0.15, 0.2) is 0 Å². The average molecular weight is 259 g/mol. The fraction of sp³-hybridized carbons (Fsp3) is 0.833. The largest absolute Gasteiger partial charge is 0.479 e. The SMILES string of the molecule is CC(C)(C)OC(=O)N1CC2(CF)CC1(C(=O)O)C2. The van der Waals surface area contributed by atoms with Crippen molar-refractivity contribution in [3.63, 3.8) is 0 Å². The lowest BCUT2D eigenvalue weighted by Gasteiger charge is -2.42. The van der Waals surface area contributed by atoms with Crippen LogP contribution in [0.2, 0.25) is 0 Å². The topological polar surface area (TPSA) is 66.8 Å². The maximum Gasteiger partial charge on any atom is 0.411 e. The van der Waals surface area contributed by atoms with E-state index in [2.05, 4.69) is 0 Å². The summed E-state index contributed by atoms with van der Waals surface area (Å²) in [7, 11) is 0. The molecule has 2 aliphatic heterocycles. The van der Waals surface area contributed by atoms with E-state index in [-0.39, 0.29) is 19.4 Å². The van der Waals surface area contributed by atoms with Crippen LogP contribution >= 0.6 is 0 Å². The van der Waals surface area contributed by atoms with Crippen LogP contribution in [0.1, 0.15) is 33.6 Å². The van der Waals surface area contributed by atoms with Gasteiger partial charge in [-0.05, 0) is 33.6 Å². The van der Waals surface area contributed by atoms with Crippen molar-refractivity contribution in [2.24, 2.45) is 5.41 Å². The number of amides is 1. The number of carboxylic acid groups (broad SMARTS) is 1. The highest BCUT2D eigenvalue weighted by molar-refractivity contribution is 5.87. The Kier molecular flexibility index (Phi) is 2.61. The van der Waals surface area contributed by atoms with E-state index in [1.165, 1.54) is 4.90 Å². The van der Waals surface area contributed by atoms with Crippen molar-refractivity contribution in [3.05, 3.63) is 0 Å². The van der Waals surface area contributed by atoms with Crippen LogP contribution in [0.15, 0.2) is 0 Å². The first-order valence-electron chi connectivity index (χ1n) is 5.94. The van der Waals surface area contributed by atoms with E-state index in [9.17, 15) is 19.1 Å². The fourth-order valence-electron chi connectivity index (χ4n) is 2.94. The van der Waals surface area contributed by atoms with Crippen LogP contribution < -0.4 is 0 Å². The Morgan fingerprint density at radius 3 is 2.33 bits per heavy atom. The maximum absolute atomic E-state index is 13.0. The minimum atomic E-state index is -1.26. The van der Waals surface area contributed by atoms with Gasteiger partial charge in [-0.2, -0.15) is 0 Å². The molecule has 1 aliphatic carbocycles. The molecule has 1 N–H and O–H groups in total. The highest BCUT2D eigenvalue weighted by atomic mass is 19.1. The molecule has 0 aromatic rings. The molecule has 3 fully saturated rings. The highest BCUT2D eigenvalue weighted by Crippen LogP contribution is 2.59. The molecule has 3 rings (SSSR count). The quantitative estimate of drug-likeness (QED) is 0.821. The molecule has 2 heterocycles. The third-order valence-corrected chi connectivity index (χ3v) is 3.64. The molecule has 3 aliphatic rings. The lowest BCUT2D eigenvalue weighted by atomic mass is 9.62. The molecular weight excluding hydrogens is 241 g/mol. The first kappa shape index (κ1) is 13.1. The number of rotatable bonds is 2. The predicted molar refractivity (Wildman–Crippen MR) is 60.9 cm³/mol. The first-order valence-corrected chi connectivity index (χ1v) is 5.94. The minimum absolute atomic E-state index is 0.130. The average Bonchev–Trinajstić information content (AvgIpc) is 2.64. The van der Waals surface area contributed by atoms with Crippen molar-refractivity contribution in [2.75, 3.05) is 13.2 Å². The molecule has 0 radical (unpaired) electrons. The van der Waals surface area contributed by atoms with Gasteiger partial charge in [0, 0.05) is 12.0 Å². The maximum atomic E-state index is 13.0. The molecule has 0 unspecified atom stereocenters. The second kappa shape index (κ2) is 3.59. The number of hydrogen-bond donors (Lipinski definition) is 1. The van der Waals surface area contributed by atoms with Gasteiger partial charge in [-0.1, -0.05) is 0 Å². The van der Waals surface area contributed by atoms with Crippen molar-refractivity contribution in [1.29, 1.82) is 0 Å². The van der Waals surface area contributed by atoms with E-state index >= 15 is 0 Å². The van der Waals surface area contributed by atoms with Crippen LogP contribution in [0, 0.1) is 5.41 Å². The van der Waals surface area contributed by atoms with Crippen LogP contribution in [0.5, 0.6) is 0 Å². The lowest BCUT2D eigenvalue weighted by molar-refractivity contribution is -0.154. The highest BCUT2D eigenvalue weighted by Gasteiger charge is 2.71. The number of carbonyl (C=O) groups is 2. The van der Waals surface area contributed by atoms with E-state index in [0.717, 1.165) is 0 Å². The Labute approximate surface area is 105 Å². The molecule has 1 amide bonds. The predicted octanol–water partition coefficient (Wildman–Crippen LogP) is 1.81. The summed E-state index contributed by atoms with van der Waals surface area (Å²) in [6.07, 6.45) is -0.298. The number of carboxylic acids is 1. The molecule has 6 heteroatoms. The van der Waals surface area contributed by atoms with Crippen molar-refractivity contribution in [1.82, 2.24) is 4.90 Å². The Hall–Kier alpha value is -1.33. The smallest absolute Gasteiger partial charge is 0.411 e. The number of fused-ring (bicyclic) bond motifs is 1. The van der Waals surface area contributed by atoms with Crippen LogP contribution in [0.4, 0.5) is 9.18 Å². The normalized spacial score (nSPS) is 34.1. The molecule has 0 atom stereocenters. The molecule has 0 aromatic carbocycles. The van der Waals surface area contributed by atoms with Crippen molar-refractivity contribution in [2.45, 2.75) is 44.8 Å². The molecule has 1 saturated carbocycles. The van der Waals surface area contributed by atoms with Crippen molar-refractivity contribution < 1.29 is 23.8 Å². The summed E-state index contributed by atoms with van der Waals surface area (Å²) in [4.78, 5) is 24.5. The summed E-state index contributed by atoms with van der Waals surface area (Å²) >= 11 is 0. The van der Waals surface area contributed by atoms with Crippen molar-refractivity contribution >= 4 is 12.1 Å². The molecule has 2 bridgehead atoms. The monoisotopic (exact) mass is 259 g/mol. The molecule has 0 spiro atoms.